The summed E-state index contributed by atoms with van der Waals surface area (Å²) in [6.45, 7) is 2.00. The molecule has 0 aliphatic carbocycles. The first-order valence-electron chi connectivity index (χ1n) is 8.75. The quantitative estimate of drug-likeness (QED) is 0.418. The Kier molecular flexibility index (Phi) is 6.53. The van der Waals surface area contributed by atoms with Crippen molar-refractivity contribution in [2.24, 2.45) is 0 Å². The molecule has 0 radical (unpaired) electrons. The van der Waals surface area contributed by atoms with Gasteiger partial charge in [0.15, 0.2) is 11.5 Å². The molecular weight excluding hydrogens is 430 g/mol. The van der Waals surface area contributed by atoms with E-state index < -0.39 is 10.8 Å². The van der Waals surface area contributed by atoms with Crippen LogP contribution in [0.25, 0.3) is 10.6 Å². The average molecular weight is 448 g/mol. The third kappa shape index (κ3) is 4.37. The minimum Gasteiger partial charge on any atom is -0.493 e. The first kappa shape index (κ1) is 21.5. The van der Waals surface area contributed by atoms with Crippen LogP contribution in [0.2, 0.25) is 5.02 Å². The summed E-state index contributed by atoms with van der Waals surface area (Å²) < 4.78 is 10.2. The van der Waals surface area contributed by atoms with Crippen LogP contribution in [0.1, 0.15) is 20.9 Å². The summed E-state index contributed by atoms with van der Waals surface area (Å²) in [5, 5.41) is 15.5. The van der Waals surface area contributed by atoms with E-state index in [0.717, 1.165) is 21.1 Å². The van der Waals surface area contributed by atoms with Crippen LogP contribution in [0, 0.1) is 17.0 Å². The average Bonchev–Trinajstić information content (AvgIpc) is 3.11. The molecule has 2 aromatic carbocycles. The van der Waals surface area contributed by atoms with Gasteiger partial charge in [-0.25, -0.2) is 4.98 Å². The lowest BCUT2D eigenvalue weighted by atomic mass is 10.1. The summed E-state index contributed by atoms with van der Waals surface area (Å²) in [7, 11) is 2.76. The summed E-state index contributed by atoms with van der Waals surface area (Å²) in [6.07, 6.45) is 0. The van der Waals surface area contributed by atoms with Gasteiger partial charge in [-0.2, -0.15) is 0 Å². The maximum Gasteiger partial charge on any atom is 0.286 e. The van der Waals surface area contributed by atoms with Gasteiger partial charge in [-0.3, -0.25) is 14.9 Å². The van der Waals surface area contributed by atoms with Gasteiger partial charge in [-0.15, -0.1) is 11.3 Å². The highest BCUT2D eigenvalue weighted by Gasteiger charge is 2.25. The number of methoxy groups -OCH3 is 2. The van der Waals surface area contributed by atoms with Crippen molar-refractivity contribution in [3.8, 4) is 22.1 Å². The molecule has 0 fully saturated rings. The van der Waals surface area contributed by atoms with Crippen LogP contribution >= 0.6 is 22.9 Å². The zero-order valence-corrected chi connectivity index (χ0v) is 18.0. The highest BCUT2D eigenvalue weighted by atomic mass is 35.5. The summed E-state index contributed by atoms with van der Waals surface area (Å²) in [5.41, 5.74) is 1.06. The third-order valence-corrected chi connectivity index (χ3v) is 5.87. The monoisotopic (exact) mass is 447 g/mol. The van der Waals surface area contributed by atoms with Gasteiger partial charge in [-0.1, -0.05) is 29.8 Å². The van der Waals surface area contributed by atoms with Crippen LogP contribution < -0.4 is 14.8 Å². The maximum absolute atomic E-state index is 12.7. The second-order valence-electron chi connectivity index (χ2n) is 6.17. The predicted octanol–water partition coefficient (Wildman–Crippen LogP) is 4.63. The van der Waals surface area contributed by atoms with Crippen molar-refractivity contribution >= 4 is 34.5 Å². The zero-order valence-electron chi connectivity index (χ0n) is 16.4. The lowest BCUT2D eigenvalue weighted by Gasteiger charge is -2.10. The fourth-order valence-corrected chi connectivity index (χ4v) is 4.12. The van der Waals surface area contributed by atoms with E-state index in [2.05, 4.69) is 10.3 Å². The zero-order chi connectivity index (χ0) is 21.8. The SMILES string of the molecule is COc1cc(C(=O)NCc2sc(-c3ccccc3Cl)nc2C)c([N+](=O)[O-])cc1OC. The molecule has 1 amide bonds. The van der Waals surface area contributed by atoms with Gasteiger partial charge in [0.1, 0.15) is 10.6 Å². The molecule has 0 bridgehead atoms. The molecule has 3 aromatic rings. The van der Waals surface area contributed by atoms with E-state index in [0.29, 0.717) is 5.02 Å². The van der Waals surface area contributed by atoms with E-state index in [1.54, 1.807) is 6.07 Å². The van der Waals surface area contributed by atoms with E-state index in [9.17, 15) is 14.9 Å². The molecular formula is C20H18ClN3O5S. The highest BCUT2D eigenvalue weighted by molar-refractivity contribution is 7.15. The summed E-state index contributed by atoms with van der Waals surface area (Å²) in [4.78, 5) is 28.8. The lowest BCUT2D eigenvalue weighted by Crippen LogP contribution is -2.23. The first-order chi connectivity index (χ1) is 14.3. The molecule has 1 aromatic heterocycles. The van der Waals surface area contributed by atoms with E-state index >= 15 is 0 Å². The Hall–Kier alpha value is -3.17. The second kappa shape index (κ2) is 9.10. The minimum absolute atomic E-state index is 0.119. The van der Waals surface area contributed by atoms with Crippen LogP contribution in [0.4, 0.5) is 5.69 Å². The molecule has 156 valence electrons. The fourth-order valence-electron chi connectivity index (χ4n) is 2.80. The molecule has 1 N–H and O–H groups in total. The molecule has 3 rings (SSSR count). The van der Waals surface area contributed by atoms with Crippen LogP contribution in [-0.4, -0.2) is 30.0 Å². The van der Waals surface area contributed by atoms with Gasteiger partial charge in [0.2, 0.25) is 0 Å². The van der Waals surface area contributed by atoms with E-state index in [4.69, 9.17) is 21.1 Å². The van der Waals surface area contributed by atoms with Gasteiger partial charge < -0.3 is 14.8 Å². The van der Waals surface area contributed by atoms with Crippen molar-refractivity contribution < 1.29 is 19.2 Å². The Bertz CT molecular complexity index is 1120. The number of nitro groups is 1. The number of amides is 1. The number of hydrogen-bond donors (Lipinski definition) is 1. The summed E-state index contributed by atoms with van der Waals surface area (Å²) in [6, 6.07) is 9.82. The molecule has 0 atom stereocenters. The van der Waals surface area contributed by atoms with Crippen molar-refractivity contribution in [3.05, 3.63) is 67.7 Å². The Morgan fingerprint density at radius 2 is 1.90 bits per heavy atom. The number of nitro benzene ring substituents is 1. The molecule has 0 aliphatic heterocycles. The number of carbonyl (C=O) groups is 1. The summed E-state index contributed by atoms with van der Waals surface area (Å²) in [5.74, 6) is -0.207. The molecule has 30 heavy (non-hydrogen) atoms. The number of nitrogens with one attached hydrogen (secondary N) is 1. The van der Waals surface area contributed by atoms with Crippen molar-refractivity contribution in [1.29, 1.82) is 0 Å². The van der Waals surface area contributed by atoms with E-state index in [1.165, 1.54) is 37.7 Å². The number of benzene rings is 2. The number of rotatable bonds is 7. The third-order valence-electron chi connectivity index (χ3n) is 4.35. The molecule has 1 heterocycles. The Morgan fingerprint density at radius 3 is 2.53 bits per heavy atom. The lowest BCUT2D eigenvalue weighted by molar-refractivity contribution is -0.385. The number of aryl methyl sites for hydroxylation is 1. The number of carbonyl (C=O) groups excluding carboxylic acids is 1. The predicted molar refractivity (Wildman–Crippen MR) is 115 cm³/mol. The number of thiazole rings is 1. The number of ether oxygens (including phenoxy) is 2. The molecule has 10 heteroatoms. The Labute approximate surface area is 181 Å². The van der Waals surface area contributed by atoms with Gasteiger partial charge in [0.25, 0.3) is 11.6 Å². The van der Waals surface area contributed by atoms with E-state index in [-0.39, 0.29) is 29.3 Å². The molecule has 0 spiro atoms. The summed E-state index contributed by atoms with van der Waals surface area (Å²) >= 11 is 7.64. The molecule has 0 unspecified atom stereocenters. The largest absolute Gasteiger partial charge is 0.493 e. The number of hydrogen-bond acceptors (Lipinski definition) is 7. The van der Waals surface area contributed by atoms with Crippen LogP contribution in [0.15, 0.2) is 36.4 Å². The topological polar surface area (TPSA) is 104 Å². The van der Waals surface area contributed by atoms with E-state index in [1.807, 2.05) is 25.1 Å². The van der Waals surface area contributed by atoms with Crippen molar-refractivity contribution in [2.75, 3.05) is 14.2 Å². The Balaban J connectivity index is 1.84. The van der Waals surface area contributed by atoms with Gasteiger partial charge >= 0.3 is 0 Å². The fraction of sp³-hybridized carbons (Fsp3) is 0.200. The van der Waals surface area contributed by atoms with Gasteiger partial charge in [0, 0.05) is 16.5 Å². The van der Waals surface area contributed by atoms with Crippen LogP contribution in [-0.2, 0) is 6.54 Å². The number of aromatic nitrogens is 1. The molecule has 0 saturated heterocycles. The first-order valence-corrected chi connectivity index (χ1v) is 9.95. The van der Waals surface area contributed by atoms with Crippen molar-refractivity contribution in [1.82, 2.24) is 10.3 Å². The van der Waals surface area contributed by atoms with Gasteiger partial charge in [-0.05, 0) is 13.0 Å². The molecule has 0 saturated carbocycles. The number of nitrogens with zero attached hydrogens (tertiary/aromatic N) is 2. The van der Waals surface area contributed by atoms with Crippen LogP contribution in [0.5, 0.6) is 11.5 Å². The second-order valence-corrected chi connectivity index (χ2v) is 7.66. The molecule has 8 nitrogen and oxygen atoms in total. The highest BCUT2D eigenvalue weighted by Crippen LogP contribution is 2.35. The van der Waals surface area contributed by atoms with Gasteiger partial charge in [0.05, 0.1) is 42.5 Å². The Morgan fingerprint density at radius 1 is 1.23 bits per heavy atom. The van der Waals surface area contributed by atoms with Crippen molar-refractivity contribution in [3.63, 3.8) is 0 Å². The molecule has 0 aliphatic rings. The maximum atomic E-state index is 12.7. The van der Waals surface area contributed by atoms with Crippen LogP contribution in [0.3, 0.4) is 0 Å². The van der Waals surface area contributed by atoms with Crippen molar-refractivity contribution in [2.45, 2.75) is 13.5 Å². The number of halogens is 1. The smallest absolute Gasteiger partial charge is 0.286 e. The standard InChI is InChI=1S/C20H18ClN3O5S/c1-11-18(30-20(23-11)12-6-4-5-7-14(12)21)10-22-19(25)13-8-16(28-2)17(29-3)9-15(13)24(26)27/h4-9H,10H2,1-3H3,(H,22,25). The normalized spacial score (nSPS) is 10.5. The minimum atomic E-state index is -0.635.